The number of nitrogens with zero attached hydrogens (tertiary/aromatic N) is 4. The Morgan fingerprint density at radius 3 is 1.05 bits per heavy atom. The molecule has 0 N–H and O–H groups in total. The number of hydrogen-bond acceptors (Lipinski definition) is 0. The number of fused-ring (bicyclic) bond motifs is 6. The van der Waals surface area contributed by atoms with Crippen LogP contribution in [-0.2, 0) is 0 Å². The van der Waals surface area contributed by atoms with E-state index in [-0.39, 0.29) is 0 Å². The molecule has 0 bridgehead atoms. The Morgan fingerprint density at radius 2 is 0.583 bits per heavy atom. The molecule has 12 aromatic rings. The second-order valence-corrected chi connectivity index (χ2v) is 16.1. The maximum absolute atomic E-state index is 2.51. The van der Waals surface area contributed by atoms with Crippen LogP contribution in [0, 0.1) is 0 Å². The number of aromatic nitrogens is 4. The highest BCUT2D eigenvalue weighted by Crippen LogP contribution is 2.50. The van der Waals surface area contributed by atoms with Crippen molar-refractivity contribution in [2.75, 3.05) is 0 Å². The summed E-state index contributed by atoms with van der Waals surface area (Å²) in [4.78, 5) is 0. The molecule has 2 aliphatic rings. The van der Waals surface area contributed by atoms with Gasteiger partial charge in [-0.05, 0) is 108 Å². The van der Waals surface area contributed by atoms with Crippen molar-refractivity contribution in [3.8, 4) is 33.9 Å². The van der Waals surface area contributed by atoms with Crippen LogP contribution in [0.5, 0.6) is 0 Å². The van der Waals surface area contributed by atoms with Crippen LogP contribution in [0.1, 0.15) is 0 Å². The minimum absolute atomic E-state index is 1.15. The Hall–Kier alpha value is -8.08. The van der Waals surface area contributed by atoms with E-state index in [1.807, 2.05) is 0 Å². The van der Waals surface area contributed by atoms with E-state index in [2.05, 4.69) is 225 Å². The lowest BCUT2D eigenvalue weighted by Gasteiger charge is -2.29. The van der Waals surface area contributed by atoms with E-state index in [0.29, 0.717) is 0 Å². The predicted octanol–water partition coefficient (Wildman–Crippen LogP) is 14.6. The lowest BCUT2D eigenvalue weighted by Crippen LogP contribution is -2.10. The topological polar surface area (TPSA) is 19.7 Å². The van der Waals surface area contributed by atoms with Crippen molar-refractivity contribution < 1.29 is 0 Å². The van der Waals surface area contributed by atoms with E-state index in [9.17, 15) is 0 Å². The zero-order chi connectivity index (χ0) is 39.1. The molecule has 0 amide bonds. The maximum atomic E-state index is 2.51. The Balaban J connectivity index is 1.09. The van der Waals surface area contributed by atoms with Gasteiger partial charge < -0.3 is 18.3 Å². The SMILES string of the molecule is c1ccc(-n2c3ccccc3c3cc(-n4c5ccc6cccc7c6c5-c5c6c(cccc64)ccc5n7-c4ccc5c(c4)c4ccccc4n5-c4ccccc4)ccc32)cc1. The van der Waals surface area contributed by atoms with Gasteiger partial charge in [0.15, 0.2) is 0 Å². The summed E-state index contributed by atoms with van der Waals surface area (Å²) in [7, 11) is 0. The zero-order valence-corrected chi connectivity index (χ0v) is 32.4. The molecule has 0 unspecified atom stereocenters. The zero-order valence-electron chi connectivity index (χ0n) is 32.4. The van der Waals surface area contributed by atoms with Crippen LogP contribution in [0.4, 0.5) is 0 Å². The fraction of sp³-hybridized carbons (Fsp3) is 0. The van der Waals surface area contributed by atoms with Crippen LogP contribution in [0.25, 0.3) is 121 Å². The molecule has 0 saturated heterocycles. The van der Waals surface area contributed by atoms with Crippen molar-refractivity contribution in [3.05, 3.63) is 206 Å². The van der Waals surface area contributed by atoms with Gasteiger partial charge in [-0.1, -0.05) is 109 Å². The molecule has 14 rings (SSSR count). The first-order chi connectivity index (χ1) is 29.8. The van der Waals surface area contributed by atoms with Gasteiger partial charge in [0.1, 0.15) is 0 Å². The maximum Gasteiger partial charge on any atom is 0.0548 e. The van der Waals surface area contributed by atoms with Crippen LogP contribution in [-0.4, -0.2) is 18.3 Å². The summed E-state index contributed by atoms with van der Waals surface area (Å²) in [6.07, 6.45) is 0. The first kappa shape index (κ1) is 31.9. The highest BCUT2D eigenvalue weighted by molar-refractivity contribution is 6.26. The van der Waals surface area contributed by atoms with Crippen LogP contribution < -0.4 is 0 Å². The van der Waals surface area contributed by atoms with E-state index < -0.39 is 0 Å². The van der Waals surface area contributed by atoms with Gasteiger partial charge in [0.2, 0.25) is 0 Å². The Labute approximate surface area is 344 Å². The van der Waals surface area contributed by atoms with Crippen molar-refractivity contribution in [1.82, 2.24) is 18.3 Å². The molecule has 0 atom stereocenters. The largest absolute Gasteiger partial charge is 0.309 e. The van der Waals surface area contributed by atoms with Gasteiger partial charge in [0.25, 0.3) is 0 Å². The molecule has 2 aromatic heterocycles. The average Bonchev–Trinajstić information content (AvgIpc) is 3.82. The molecule has 10 aromatic carbocycles. The first-order valence-corrected chi connectivity index (χ1v) is 20.7. The second-order valence-electron chi connectivity index (χ2n) is 16.1. The van der Waals surface area contributed by atoms with E-state index in [0.717, 1.165) is 22.7 Å². The summed E-state index contributed by atoms with van der Waals surface area (Å²) in [6.45, 7) is 0. The Kier molecular flexibility index (Phi) is 6.26. The number of para-hydroxylation sites is 4. The molecule has 4 heterocycles. The molecule has 60 heavy (non-hydrogen) atoms. The summed E-state index contributed by atoms with van der Waals surface area (Å²) in [6, 6.07) is 76.0. The van der Waals surface area contributed by atoms with Crippen LogP contribution in [0.2, 0.25) is 0 Å². The van der Waals surface area contributed by atoms with Crippen LogP contribution >= 0.6 is 0 Å². The number of rotatable bonds is 4. The van der Waals surface area contributed by atoms with Crippen molar-refractivity contribution in [2.24, 2.45) is 0 Å². The quantitative estimate of drug-likeness (QED) is 0.126. The summed E-state index contributed by atoms with van der Waals surface area (Å²) in [5.74, 6) is 0. The van der Waals surface area contributed by atoms with Gasteiger partial charge in [-0.25, -0.2) is 0 Å². The van der Waals surface area contributed by atoms with E-state index in [1.165, 1.54) is 98.4 Å². The van der Waals surface area contributed by atoms with E-state index in [4.69, 9.17) is 0 Å². The summed E-state index contributed by atoms with van der Waals surface area (Å²) >= 11 is 0. The third-order valence-electron chi connectivity index (χ3n) is 13.1. The fourth-order valence-corrected chi connectivity index (χ4v) is 10.7. The van der Waals surface area contributed by atoms with Gasteiger partial charge in [0, 0.05) is 66.2 Å². The third-order valence-corrected chi connectivity index (χ3v) is 13.1. The monoisotopic (exact) mass is 762 g/mol. The number of hydrogen-bond donors (Lipinski definition) is 0. The lowest BCUT2D eigenvalue weighted by molar-refractivity contribution is 1.14. The molecule has 0 fully saturated rings. The molecule has 0 spiro atoms. The Bertz CT molecular complexity index is 3730. The molecule has 278 valence electrons. The molecule has 2 aliphatic heterocycles. The molecule has 4 nitrogen and oxygen atoms in total. The smallest absolute Gasteiger partial charge is 0.0548 e. The van der Waals surface area contributed by atoms with Crippen molar-refractivity contribution >= 4 is 87.2 Å². The van der Waals surface area contributed by atoms with E-state index >= 15 is 0 Å². The molecular weight excluding hydrogens is 729 g/mol. The highest BCUT2D eigenvalue weighted by atomic mass is 15.0. The normalized spacial score (nSPS) is 12.3. The molecular formula is C56H34N4. The minimum atomic E-state index is 1.15. The predicted molar refractivity (Wildman–Crippen MR) is 252 cm³/mol. The fourth-order valence-electron chi connectivity index (χ4n) is 10.7. The van der Waals surface area contributed by atoms with Gasteiger partial charge in [-0.15, -0.1) is 0 Å². The van der Waals surface area contributed by atoms with Gasteiger partial charge in [-0.3, -0.25) is 0 Å². The average molecular weight is 763 g/mol. The summed E-state index contributed by atoms with van der Waals surface area (Å²) in [5, 5.41) is 10.0. The molecule has 0 aliphatic carbocycles. The van der Waals surface area contributed by atoms with Crippen LogP contribution in [0.15, 0.2) is 206 Å². The van der Waals surface area contributed by atoms with Crippen molar-refractivity contribution in [1.29, 1.82) is 0 Å². The number of pyridine rings is 2. The van der Waals surface area contributed by atoms with Crippen molar-refractivity contribution in [2.45, 2.75) is 0 Å². The lowest BCUT2D eigenvalue weighted by atomic mass is 9.87. The first-order valence-electron chi connectivity index (χ1n) is 20.7. The molecule has 0 radical (unpaired) electrons. The summed E-state index contributed by atoms with van der Waals surface area (Å²) < 4.78 is 9.81. The van der Waals surface area contributed by atoms with Crippen molar-refractivity contribution in [3.63, 3.8) is 0 Å². The molecule has 4 heteroatoms. The summed E-state index contributed by atoms with van der Waals surface area (Å²) in [5.41, 5.74) is 16.8. The van der Waals surface area contributed by atoms with Gasteiger partial charge in [0.05, 0.1) is 44.1 Å². The second kappa shape index (κ2) is 11.8. The highest BCUT2D eigenvalue weighted by Gasteiger charge is 2.27. The van der Waals surface area contributed by atoms with Gasteiger partial charge in [-0.2, -0.15) is 0 Å². The van der Waals surface area contributed by atoms with E-state index in [1.54, 1.807) is 0 Å². The minimum Gasteiger partial charge on any atom is -0.309 e. The van der Waals surface area contributed by atoms with Crippen LogP contribution in [0.3, 0.4) is 0 Å². The molecule has 0 saturated carbocycles. The van der Waals surface area contributed by atoms with Gasteiger partial charge >= 0.3 is 0 Å². The standard InChI is InChI=1S/C56H34N4/c1-3-15-37(16-4-1)57-45-21-9-7-19-41(45)43-33-39(27-31-47(43)57)59-49-23-11-13-35-26-30-52-56(53(35)49)55-51(59)29-25-36-14-12-24-50(54(36)55)60(52)40-28-32-48-44(34-40)42-20-8-10-22-46(42)58(48)38-17-5-2-6-18-38/h1-34H. The number of benzene rings is 10. The third kappa shape index (κ3) is 4.14. The Morgan fingerprint density at radius 1 is 0.217 bits per heavy atom.